The number of carbonyl (C=O) groups excluding carboxylic acids is 1. The van der Waals surface area contributed by atoms with E-state index in [0.717, 1.165) is 18.4 Å². The van der Waals surface area contributed by atoms with Crippen LogP contribution in [0.5, 0.6) is 0 Å². The van der Waals surface area contributed by atoms with Gasteiger partial charge < -0.3 is 14.6 Å². The third-order valence-corrected chi connectivity index (χ3v) is 6.65. The van der Waals surface area contributed by atoms with E-state index in [4.69, 9.17) is 4.74 Å². The van der Waals surface area contributed by atoms with Crippen molar-refractivity contribution in [2.24, 2.45) is 0 Å². The normalized spacial score (nSPS) is 15.5. The van der Waals surface area contributed by atoms with Crippen LogP contribution in [0.4, 0.5) is 0 Å². The summed E-state index contributed by atoms with van der Waals surface area (Å²) in [5.41, 5.74) is 1.93. The molecule has 36 heavy (non-hydrogen) atoms. The minimum Gasteiger partial charge on any atom is -0.376 e. The maximum Gasteiger partial charge on any atom is 0.261 e. The van der Waals surface area contributed by atoms with Gasteiger partial charge in [0, 0.05) is 26.1 Å². The van der Waals surface area contributed by atoms with E-state index in [9.17, 15) is 14.4 Å². The second-order valence-corrected chi connectivity index (χ2v) is 9.26. The van der Waals surface area contributed by atoms with Crippen molar-refractivity contribution < 1.29 is 9.53 Å². The Morgan fingerprint density at radius 2 is 2.00 bits per heavy atom. The second kappa shape index (κ2) is 10.4. The Kier molecular flexibility index (Phi) is 6.90. The van der Waals surface area contributed by atoms with Crippen LogP contribution in [0, 0.1) is 6.92 Å². The smallest absolute Gasteiger partial charge is 0.261 e. The summed E-state index contributed by atoms with van der Waals surface area (Å²) in [5, 5.41) is 1.10. The Balaban J connectivity index is 1.30. The van der Waals surface area contributed by atoms with Gasteiger partial charge in [-0.1, -0.05) is 24.3 Å². The fraction of sp³-hybridized carbons (Fsp3) is 0.370. The van der Waals surface area contributed by atoms with Crippen molar-refractivity contribution in [2.45, 2.75) is 51.8 Å². The number of nitrogens with one attached hydrogen (secondary N) is 1. The number of aromatic amines is 1. The number of rotatable bonds is 8. The quantitative estimate of drug-likeness (QED) is 0.409. The molecule has 186 valence electrons. The highest BCUT2D eigenvalue weighted by atomic mass is 16.5. The van der Waals surface area contributed by atoms with Gasteiger partial charge >= 0.3 is 0 Å². The average Bonchev–Trinajstić information content (AvgIpc) is 3.39. The number of carbonyl (C=O) groups is 1. The number of aryl methyl sites for hydroxylation is 2. The standard InChI is InChI=1S/C27H29N5O4/c1-18-7-4-10-21-25(18)28-17-31(27(21)35)13-5-12-24(33)32(15-19-8-6-14-36-19)16-23-29-22-11-3-2-9-20(22)26(34)30-23/h2-4,7,9-11,17,19H,5-6,8,12-16H2,1H3,(H,29,30,34)/t19-/m0/s1. The predicted octanol–water partition coefficient (Wildman–Crippen LogP) is 2.93. The summed E-state index contributed by atoms with van der Waals surface area (Å²) in [6.45, 7) is 3.63. The molecule has 0 radical (unpaired) electrons. The number of nitrogens with zero attached hydrogens (tertiary/aromatic N) is 4. The first-order valence-electron chi connectivity index (χ1n) is 12.3. The van der Waals surface area contributed by atoms with E-state index in [1.165, 1.54) is 0 Å². The third kappa shape index (κ3) is 5.06. The first kappa shape index (κ1) is 23.9. The molecule has 1 aliphatic rings. The fourth-order valence-corrected chi connectivity index (χ4v) is 4.73. The molecule has 0 aliphatic carbocycles. The molecule has 0 saturated carbocycles. The summed E-state index contributed by atoms with van der Waals surface area (Å²) < 4.78 is 7.32. The molecular weight excluding hydrogens is 458 g/mol. The SMILES string of the molecule is Cc1cccc2c(=O)n(CCCC(=O)N(Cc3nc4ccccc4c(=O)[nH]3)C[C@@H]3CCCO3)cnc12. The summed E-state index contributed by atoms with van der Waals surface area (Å²) in [4.78, 5) is 52.2. The average molecular weight is 488 g/mol. The van der Waals surface area contributed by atoms with Crippen LogP contribution in [0.25, 0.3) is 21.8 Å². The van der Waals surface area contributed by atoms with Crippen molar-refractivity contribution in [3.8, 4) is 0 Å². The Labute approximate surface area is 207 Å². The van der Waals surface area contributed by atoms with E-state index in [-0.39, 0.29) is 36.1 Å². The zero-order valence-electron chi connectivity index (χ0n) is 20.3. The van der Waals surface area contributed by atoms with Crippen molar-refractivity contribution >= 4 is 27.7 Å². The molecule has 4 aromatic rings. The van der Waals surface area contributed by atoms with Gasteiger partial charge in [-0.05, 0) is 49.9 Å². The molecule has 2 aromatic carbocycles. The number of fused-ring (bicyclic) bond motifs is 2. The zero-order chi connectivity index (χ0) is 25.1. The van der Waals surface area contributed by atoms with E-state index < -0.39 is 0 Å². The third-order valence-electron chi connectivity index (χ3n) is 6.65. The lowest BCUT2D eigenvalue weighted by Gasteiger charge is -2.25. The van der Waals surface area contributed by atoms with Crippen LogP contribution < -0.4 is 11.1 Å². The molecule has 0 spiro atoms. The summed E-state index contributed by atoms with van der Waals surface area (Å²) in [7, 11) is 0. The van der Waals surface area contributed by atoms with E-state index >= 15 is 0 Å². The number of H-pyrrole nitrogens is 1. The molecule has 1 fully saturated rings. The number of para-hydroxylation sites is 2. The number of ether oxygens (including phenoxy) is 1. The molecule has 0 unspecified atom stereocenters. The Bertz CT molecular complexity index is 1520. The Hall–Kier alpha value is -3.85. The molecule has 1 N–H and O–H groups in total. The van der Waals surface area contributed by atoms with Gasteiger partial charge in [0.2, 0.25) is 5.91 Å². The molecule has 9 nitrogen and oxygen atoms in total. The maximum atomic E-state index is 13.3. The lowest BCUT2D eigenvalue weighted by Crippen LogP contribution is -2.38. The minimum atomic E-state index is -0.224. The Morgan fingerprint density at radius 1 is 1.17 bits per heavy atom. The van der Waals surface area contributed by atoms with E-state index in [2.05, 4.69) is 15.0 Å². The molecule has 3 heterocycles. The van der Waals surface area contributed by atoms with E-state index in [1.54, 1.807) is 40.1 Å². The highest BCUT2D eigenvalue weighted by Crippen LogP contribution is 2.16. The molecule has 1 amide bonds. The van der Waals surface area contributed by atoms with Gasteiger partial charge in [0.25, 0.3) is 11.1 Å². The number of amides is 1. The van der Waals surface area contributed by atoms with Crippen LogP contribution in [0.1, 0.15) is 37.1 Å². The van der Waals surface area contributed by atoms with Gasteiger partial charge in [0.15, 0.2) is 0 Å². The topological polar surface area (TPSA) is 110 Å². The zero-order valence-corrected chi connectivity index (χ0v) is 20.3. The number of hydrogen-bond donors (Lipinski definition) is 1. The van der Waals surface area contributed by atoms with Gasteiger partial charge in [0.1, 0.15) is 5.82 Å². The molecular formula is C27H29N5O4. The molecule has 1 atom stereocenters. The van der Waals surface area contributed by atoms with Crippen LogP contribution in [-0.2, 0) is 22.6 Å². The molecule has 1 aliphatic heterocycles. The summed E-state index contributed by atoms with van der Waals surface area (Å²) in [6, 6.07) is 12.7. The van der Waals surface area contributed by atoms with Crippen molar-refractivity contribution in [3.05, 3.63) is 80.9 Å². The van der Waals surface area contributed by atoms with Crippen LogP contribution in [0.2, 0.25) is 0 Å². The Morgan fingerprint density at radius 3 is 2.83 bits per heavy atom. The minimum absolute atomic E-state index is 0.0309. The summed E-state index contributed by atoms with van der Waals surface area (Å²) in [5.74, 6) is 0.370. The lowest BCUT2D eigenvalue weighted by molar-refractivity contribution is -0.133. The number of aromatic nitrogens is 4. The molecule has 9 heteroatoms. The van der Waals surface area contributed by atoms with Crippen LogP contribution >= 0.6 is 0 Å². The van der Waals surface area contributed by atoms with Crippen LogP contribution in [-0.4, -0.2) is 49.6 Å². The highest BCUT2D eigenvalue weighted by Gasteiger charge is 2.23. The van der Waals surface area contributed by atoms with Gasteiger partial charge in [0.05, 0.1) is 40.8 Å². The summed E-state index contributed by atoms with van der Waals surface area (Å²) in [6.07, 6.45) is 4.12. The predicted molar refractivity (Wildman–Crippen MR) is 137 cm³/mol. The van der Waals surface area contributed by atoms with Gasteiger partial charge in [-0.3, -0.25) is 19.0 Å². The lowest BCUT2D eigenvalue weighted by atomic mass is 10.1. The molecule has 5 rings (SSSR count). The first-order valence-corrected chi connectivity index (χ1v) is 12.3. The molecule has 0 bridgehead atoms. The van der Waals surface area contributed by atoms with Crippen molar-refractivity contribution in [1.29, 1.82) is 0 Å². The van der Waals surface area contributed by atoms with Crippen LogP contribution in [0.3, 0.4) is 0 Å². The number of hydrogen-bond acceptors (Lipinski definition) is 6. The molecule has 1 saturated heterocycles. The first-order chi connectivity index (χ1) is 17.5. The number of benzene rings is 2. The van der Waals surface area contributed by atoms with Gasteiger partial charge in [-0.25, -0.2) is 9.97 Å². The largest absolute Gasteiger partial charge is 0.376 e. The summed E-state index contributed by atoms with van der Waals surface area (Å²) >= 11 is 0. The maximum absolute atomic E-state index is 13.3. The van der Waals surface area contributed by atoms with Crippen molar-refractivity contribution in [1.82, 2.24) is 24.4 Å². The van der Waals surface area contributed by atoms with Gasteiger partial charge in [-0.2, -0.15) is 0 Å². The monoisotopic (exact) mass is 487 g/mol. The van der Waals surface area contributed by atoms with Gasteiger partial charge in [-0.15, -0.1) is 0 Å². The highest BCUT2D eigenvalue weighted by molar-refractivity contribution is 5.80. The van der Waals surface area contributed by atoms with Crippen LogP contribution in [0.15, 0.2) is 58.4 Å². The van der Waals surface area contributed by atoms with Crippen molar-refractivity contribution in [2.75, 3.05) is 13.2 Å². The second-order valence-electron chi connectivity index (χ2n) is 9.26. The van der Waals surface area contributed by atoms with E-state index in [1.807, 2.05) is 25.1 Å². The fourth-order valence-electron chi connectivity index (χ4n) is 4.73. The van der Waals surface area contributed by atoms with E-state index in [0.29, 0.717) is 53.7 Å². The van der Waals surface area contributed by atoms with Crippen molar-refractivity contribution in [3.63, 3.8) is 0 Å². The molecule has 2 aromatic heterocycles.